The number of anilines is 1. The van der Waals surface area contributed by atoms with Crippen LogP contribution in [0.2, 0.25) is 0 Å². The van der Waals surface area contributed by atoms with Crippen LogP contribution in [0.15, 0.2) is 24.3 Å². The number of unbranched alkanes of at least 4 members (excludes halogenated alkanes) is 1. The Kier molecular flexibility index (Phi) is 7.41. The summed E-state index contributed by atoms with van der Waals surface area (Å²) in [5.74, 6) is 1.49. The molecule has 24 heavy (non-hydrogen) atoms. The van der Waals surface area contributed by atoms with Crippen molar-refractivity contribution in [1.29, 1.82) is 0 Å². The van der Waals surface area contributed by atoms with Gasteiger partial charge in [-0.1, -0.05) is 38.8 Å². The van der Waals surface area contributed by atoms with Crippen molar-refractivity contribution in [2.45, 2.75) is 46.5 Å². The maximum absolute atomic E-state index is 12.7. The zero-order valence-electron chi connectivity index (χ0n) is 15.5. The van der Waals surface area contributed by atoms with E-state index in [2.05, 4.69) is 29.7 Å². The molecular formula is C20H32N2O2. The lowest BCUT2D eigenvalue weighted by atomic mass is 9.97. The third kappa shape index (κ3) is 4.65. The van der Waals surface area contributed by atoms with Crippen LogP contribution in [-0.2, 0) is 4.79 Å². The molecule has 1 aromatic carbocycles. The first-order valence-electron chi connectivity index (χ1n) is 9.46. The summed E-state index contributed by atoms with van der Waals surface area (Å²) >= 11 is 0. The number of nitrogens with zero attached hydrogens (tertiary/aromatic N) is 2. The molecule has 1 aromatic rings. The molecule has 0 aliphatic carbocycles. The highest BCUT2D eigenvalue weighted by Gasteiger charge is 2.26. The van der Waals surface area contributed by atoms with Gasteiger partial charge in [-0.2, -0.15) is 0 Å². The van der Waals surface area contributed by atoms with E-state index in [4.69, 9.17) is 4.74 Å². The normalized spacial score (nSPS) is 16.1. The summed E-state index contributed by atoms with van der Waals surface area (Å²) < 4.78 is 5.74. The number of carbonyl (C=O) groups is 1. The maximum atomic E-state index is 12.7. The Morgan fingerprint density at radius 3 is 2.46 bits per heavy atom. The van der Waals surface area contributed by atoms with Crippen LogP contribution in [-0.4, -0.2) is 43.6 Å². The number of benzene rings is 1. The lowest BCUT2D eigenvalue weighted by Gasteiger charge is -2.38. The van der Waals surface area contributed by atoms with E-state index in [-0.39, 0.29) is 5.92 Å². The van der Waals surface area contributed by atoms with E-state index in [9.17, 15) is 4.79 Å². The number of hydrogen-bond acceptors (Lipinski definition) is 3. The summed E-state index contributed by atoms with van der Waals surface area (Å²) in [4.78, 5) is 17.1. The molecule has 1 heterocycles. The predicted octanol–water partition coefficient (Wildman–Crippen LogP) is 3.95. The quantitative estimate of drug-likeness (QED) is 0.722. The van der Waals surface area contributed by atoms with Crippen LogP contribution < -0.4 is 9.64 Å². The van der Waals surface area contributed by atoms with Crippen LogP contribution >= 0.6 is 0 Å². The van der Waals surface area contributed by atoms with Gasteiger partial charge in [-0.3, -0.25) is 4.79 Å². The average molecular weight is 332 g/mol. The lowest BCUT2D eigenvalue weighted by Crippen LogP contribution is -2.50. The highest BCUT2D eigenvalue weighted by Crippen LogP contribution is 2.29. The molecule has 1 amide bonds. The molecular weight excluding hydrogens is 300 g/mol. The number of para-hydroxylation sites is 2. The van der Waals surface area contributed by atoms with Gasteiger partial charge in [0.1, 0.15) is 5.75 Å². The number of amides is 1. The monoisotopic (exact) mass is 332 g/mol. The molecule has 2 rings (SSSR count). The minimum atomic E-state index is 0.201. The second-order valence-corrected chi connectivity index (χ2v) is 6.46. The van der Waals surface area contributed by atoms with Crippen LogP contribution in [0.1, 0.15) is 46.5 Å². The van der Waals surface area contributed by atoms with Gasteiger partial charge in [-0.25, -0.2) is 0 Å². The van der Waals surface area contributed by atoms with Crippen molar-refractivity contribution in [2.75, 3.05) is 37.7 Å². The standard InChI is InChI=1S/C20H32N2O2/c1-4-7-10-17(5-2)20(23)22-15-13-21(14-16-22)18-11-8-9-12-19(18)24-6-3/h8-9,11-12,17H,4-7,10,13-16H2,1-3H3/t17-/m1/s1. The maximum Gasteiger partial charge on any atom is 0.225 e. The van der Waals surface area contributed by atoms with Gasteiger partial charge in [0.05, 0.1) is 12.3 Å². The van der Waals surface area contributed by atoms with Crippen molar-refractivity contribution in [3.05, 3.63) is 24.3 Å². The van der Waals surface area contributed by atoms with Crippen LogP contribution in [0.5, 0.6) is 5.75 Å². The molecule has 134 valence electrons. The van der Waals surface area contributed by atoms with Crippen LogP contribution in [0, 0.1) is 5.92 Å². The second kappa shape index (κ2) is 9.55. The minimum Gasteiger partial charge on any atom is -0.492 e. The largest absolute Gasteiger partial charge is 0.492 e. The summed E-state index contributed by atoms with van der Waals surface area (Å²) in [5, 5.41) is 0. The fraction of sp³-hybridized carbons (Fsp3) is 0.650. The van der Waals surface area contributed by atoms with Gasteiger partial charge < -0.3 is 14.5 Å². The fourth-order valence-corrected chi connectivity index (χ4v) is 3.37. The summed E-state index contributed by atoms with van der Waals surface area (Å²) in [6.45, 7) is 10.4. The molecule has 0 aromatic heterocycles. The molecule has 0 spiro atoms. The van der Waals surface area contributed by atoms with E-state index in [1.165, 1.54) is 0 Å². The Labute approximate surface area is 146 Å². The number of piperazine rings is 1. The molecule has 4 nitrogen and oxygen atoms in total. The molecule has 0 bridgehead atoms. The molecule has 0 radical (unpaired) electrons. The summed E-state index contributed by atoms with van der Waals surface area (Å²) in [6.07, 6.45) is 4.28. The molecule has 0 saturated carbocycles. The summed E-state index contributed by atoms with van der Waals surface area (Å²) in [7, 11) is 0. The second-order valence-electron chi connectivity index (χ2n) is 6.46. The topological polar surface area (TPSA) is 32.8 Å². The lowest BCUT2D eigenvalue weighted by molar-refractivity contribution is -0.136. The Hall–Kier alpha value is -1.71. The summed E-state index contributed by atoms with van der Waals surface area (Å²) in [6, 6.07) is 8.19. The Balaban J connectivity index is 1.94. The van der Waals surface area contributed by atoms with Gasteiger partial charge in [-0.05, 0) is 31.9 Å². The van der Waals surface area contributed by atoms with Gasteiger partial charge in [-0.15, -0.1) is 0 Å². The smallest absolute Gasteiger partial charge is 0.225 e. The number of hydrogen-bond donors (Lipinski definition) is 0. The van der Waals surface area contributed by atoms with Crippen LogP contribution in [0.3, 0.4) is 0 Å². The van der Waals surface area contributed by atoms with Crippen molar-refractivity contribution < 1.29 is 9.53 Å². The van der Waals surface area contributed by atoms with Crippen molar-refractivity contribution in [2.24, 2.45) is 5.92 Å². The van der Waals surface area contributed by atoms with E-state index in [0.717, 1.165) is 63.3 Å². The molecule has 1 atom stereocenters. The first-order valence-corrected chi connectivity index (χ1v) is 9.46. The Morgan fingerprint density at radius 2 is 1.83 bits per heavy atom. The average Bonchev–Trinajstić information content (AvgIpc) is 2.63. The van der Waals surface area contributed by atoms with Gasteiger partial charge in [0.25, 0.3) is 0 Å². The van der Waals surface area contributed by atoms with E-state index in [0.29, 0.717) is 12.5 Å². The predicted molar refractivity (Wildman–Crippen MR) is 99.7 cm³/mol. The number of ether oxygens (including phenoxy) is 1. The molecule has 4 heteroatoms. The zero-order valence-corrected chi connectivity index (χ0v) is 15.5. The van der Waals surface area contributed by atoms with Crippen molar-refractivity contribution in [1.82, 2.24) is 4.90 Å². The van der Waals surface area contributed by atoms with Gasteiger partial charge in [0.2, 0.25) is 5.91 Å². The molecule has 0 unspecified atom stereocenters. The third-order valence-electron chi connectivity index (χ3n) is 4.85. The molecule has 1 aliphatic heterocycles. The minimum absolute atomic E-state index is 0.201. The van der Waals surface area contributed by atoms with Crippen molar-refractivity contribution in [3.63, 3.8) is 0 Å². The first-order chi connectivity index (χ1) is 11.7. The molecule has 1 saturated heterocycles. The van der Waals surface area contributed by atoms with Gasteiger partial charge in [0, 0.05) is 32.1 Å². The Bertz CT molecular complexity index is 510. The van der Waals surface area contributed by atoms with Crippen molar-refractivity contribution >= 4 is 11.6 Å². The van der Waals surface area contributed by atoms with E-state index in [1.54, 1.807) is 0 Å². The highest BCUT2D eigenvalue weighted by atomic mass is 16.5. The molecule has 0 N–H and O–H groups in total. The highest BCUT2D eigenvalue weighted by molar-refractivity contribution is 5.79. The van der Waals surface area contributed by atoms with Crippen molar-refractivity contribution in [3.8, 4) is 5.75 Å². The molecule has 1 fully saturated rings. The van der Waals surface area contributed by atoms with E-state index in [1.807, 2.05) is 25.1 Å². The Morgan fingerprint density at radius 1 is 1.12 bits per heavy atom. The van der Waals surface area contributed by atoms with Crippen LogP contribution in [0.25, 0.3) is 0 Å². The van der Waals surface area contributed by atoms with E-state index < -0.39 is 0 Å². The number of rotatable bonds is 8. The zero-order chi connectivity index (χ0) is 17.4. The SMILES string of the molecule is CCCC[C@@H](CC)C(=O)N1CCN(c2ccccc2OCC)CC1. The molecule has 1 aliphatic rings. The first kappa shape index (κ1) is 18.6. The van der Waals surface area contributed by atoms with Gasteiger partial charge in [0.15, 0.2) is 0 Å². The third-order valence-corrected chi connectivity index (χ3v) is 4.85. The number of carbonyl (C=O) groups excluding carboxylic acids is 1. The fourth-order valence-electron chi connectivity index (χ4n) is 3.37. The summed E-state index contributed by atoms with van der Waals surface area (Å²) in [5.41, 5.74) is 1.14. The van der Waals surface area contributed by atoms with E-state index >= 15 is 0 Å². The van der Waals surface area contributed by atoms with Crippen LogP contribution in [0.4, 0.5) is 5.69 Å². The van der Waals surface area contributed by atoms with Gasteiger partial charge >= 0.3 is 0 Å².